The van der Waals surface area contributed by atoms with Crippen molar-refractivity contribution in [3.63, 3.8) is 0 Å². The van der Waals surface area contributed by atoms with E-state index in [0.29, 0.717) is 36.9 Å². The second-order valence-corrected chi connectivity index (χ2v) is 7.99. The van der Waals surface area contributed by atoms with Crippen molar-refractivity contribution in [1.82, 2.24) is 15.0 Å². The summed E-state index contributed by atoms with van der Waals surface area (Å²) < 4.78 is 43.5. The predicted molar refractivity (Wildman–Crippen MR) is 113 cm³/mol. The lowest BCUT2D eigenvalue weighted by Gasteiger charge is -2.32. The molecular weight excluding hydrogens is 421 g/mol. The van der Waals surface area contributed by atoms with Crippen molar-refractivity contribution in [2.45, 2.75) is 32.4 Å². The van der Waals surface area contributed by atoms with Crippen LogP contribution in [0.15, 0.2) is 53.1 Å². The number of hydrogen-bond donors (Lipinski definition) is 1. The zero-order valence-corrected chi connectivity index (χ0v) is 17.5. The summed E-state index contributed by atoms with van der Waals surface area (Å²) in [6.45, 7) is 3.08. The van der Waals surface area contributed by atoms with Gasteiger partial charge in [0.25, 0.3) is 0 Å². The van der Waals surface area contributed by atoms with Crippen molar-refractivity contribution < 1.29 is 22.5 Å². The number of aromatic nitrogens is 2. The fourth-order valence-corrected chi connectivity index (χ4v) is 3.88. The molecular formula is C23H23F3N4O2. The van der Waals surface area contributed by atoms with Crippen molar-refractivity contribution in [1.29, 1.82) is 0 Å². The number of likely N-dealkylation sites (tertiary alicyclic amines) is 1. The lowest BCUT2D eigenvalue weighted by molar-refractivity contribution is -0.137. The van der Waals surface area contributed by atoms with E-state index in [1.165, 1.54) is 12.1 Å². The van der Waals surface area contributed by atoms with Crippen LogP contribution in [0.25, 0.3) is 11.4 Å². The van der Waals surface area contributed by atoms with E-state index in [4.69, 9.17) is 4.52 Å². The van der Waals surface area contributed by atoms with Crippen LogP contribution in [0.2, 0.25) is 0 Å². The Morgan fingerprint density at radius 1 is 1.19 bits per heavy atom. The second kappa shape index (κ2) is 9.02. The molecule has 1 N–H and O–H groups in total. The smallest absolute Gasteiger partial charge is 0.339 e. The number of hydrogen-bond acceptors (Lipinski definition) is 4. The van der Waals surface area contributed by atoms with Crippen LogP contribution in [-0.2, 0) is 12.6 Å². The molecule has 3 aromatic rings. The summed E-state index contributed by atoms with van der Waals surface area (Å²) in [5, 5.41) is 6.76. The van der Waals surface area contributed by atoms with Crippen LogP contribution in [0.4, 0.5) is 23.7 Å². The van der Waals surface area contributed by atoms with Gasteiger partial charge in [-0.25, -0.2) is 4.79 Å². The maximum absolute atomic E-state index is 12.7. The highest BCUT2D eigenvalue weighted by Crippen LogP contribution is 2.30. The maximum atomic E-state index is 12.7. The van der Waals surface area contributed by atoms with Gasteiger partial charge < -0.3 is 14.7 Å². The van der Waals surface area contributed by atoms with Gasteiger partial charge in [-0.1, -0.05) is 29.4 Å². The summed E-state index contributed by atoms with van der Waals surface area (Å²) in [5.41, 5.74) is 1.55. The molecule has 2 heterocycles. The number of benzene rings is 2. The van der Waals surface area contributed by atoms with E-state index in [9.17, 15) is 18.0 Å². The van der Waals surface area contributed by atoms with E-state index in [1.807, 2.05) is 31.2 Å². The number of urea groups is 1. The molecule has 0 aliphatic carbocycles. The first-order valence-corrected chi connectivity index (χ1v) is 10.4. The zero-order valence-electron chi connectivity index (χ0n) is 17.5. The summed E-state index contributed by atoms with van der Waals surface area (Å²) in [6.07, 6.45) is -2.10. The van der Waals surface area contributed by atoms with Crippen molar-refractivity contribution in [3.8, 4) is 11.4 Å². The van der Waals surface area contributed by atoms with Gasteiger partial charge in [-0.15, -0.1) is 0 Å². The van der Waals surface area contributed by atoms with Crippen LogP contribution in [0, 0.1) is 12.8 Å². The Morgan fingerprint density at radius 3 is 2.66 bits per heavy atom. The number of nitrogens with zero attached hydrogens (tertiary/aromatic N) is 3. The quantitative estimate of drug-likeness (QED) is 0.573. The Morgan fingerprint density at radius 2 is 1.94 bits per heavy atom. The number of carbonyl (C=O) groups excluding carboxylic acids is 1. The number of rotatable bonds is 4. The predicted octanol–water partition coefficient (Wildman–Crippen LogP) is 5.55. The number of amides is 2. The molecule has 1 unspecified atom stereocenters. The van der Waals surface area contributed by atoms with Crippen molar-refractivity contribution in [2.24, 2.45) is 5.92 Å². The van der Waals surface area contributed by atoms with Crippen molar-refractivity contribution >= 4 is 11.7 Å². The van der Waals surface area contributed by atoms with E-state index in [1.54, 1.807) is 4.90 Å². The number of nitrogens with one attached hydrogen (secondary N) is 1. The Bertz CT molecular complexity index is 1080. The molecule has 4 rings (SSSR count). The van der Waals surface area contributed by atoms with E-state index < -0.39 is 11.7 Å². The minimum atomic E-state index is -4.41. The molecule has 6 nitrogen and oxygen atoms in total. The van der Waals surface area contributed by atoms with Crippen LogP contribution < -0.4 is 5.32 Å². The number of anilines is 1. The molecule has 0 bridgehead atoms. The van der Waals surface area contributed by atoms with E-state index in [0.717, 1.165) is 36.1 Å². The third kappa shape index (κ3) is 5.09. The maximum Gasteiger partial charge on any atom is 0.416 e. The molecule has 168 valence electrons. The van der Waals surface area contributed by atoms with Gasteiger partial charge in [0.1, 0.15) is 0 Å². The van der Waals surface area contributed by atoms with Crippen molar-refractivity contribution in [3.05, 3.63) is 65.5 Å². The number of piperidine rings is 1. The molecule has 1 aromatic heterocycles. The largest absolute Gasteiger partial charge is 0.416 e. The van der Waals surface area contributed by atoms with E-state index >= 15 is 0 Å². The van der Waals surface area contributed by atoms with Gasteiger partial charge >= 0.3 is 12.2 Å². The Labute approximate surface area is 183 Å². The molecule has 1 aliphatic heterocycles. The Kier molecular flexibility index (Phi) is 6.16. The van der Waals surface area contributed by atoms with E-state index in [-0.39, 0.29) is 11.9 Å². The monoisotopic (exact) mass is 444 g/mol. The molecule has 1 aliphatic rings. The van der Waals surface area contributed by atoms with Crippen LogP contribution in [0.3, 0.4) is 0 Å². The van der Waals surface area contributed by atoms with Crippen LogP contribution in [-0.4, -0.2) is 34.2 Å². The first-order chi connectivity index (χ1) is 15.3. The zero-order chi connectivity index (χ0) is 22.7. The molecule has 0 saturated carbocycles. The standard InChI is InChI=1S/C23H23F3N4O2/c1-15-5-2-3-7-19(15)21-28-20(32-29-21)13-16-6-4-12-30(14-16)22(31)27-18-10-8-17(9-11-18)23(24,25)26/h2-3,5,7-11,16H,4,6,12-14H2,1H3,(H,27,31). The molecule has 2 amide bonds. The SMILES string of the molecule is Cc1ccccc1-c1noc(CC2CCCN(C(=O)Nc3ccc(C(F)(F)F)cc3)C2)n1. The molecule has 1 atom stereocenters. The highest BCUT2D eigenvalue weighted by molar-refractivity contribution is 5.89. The van der Waals surface area contributed by atoms with Crippen LogP contribution >= 0.6 is 0 Å². The molecule has 0 radical (unpaired) electrons. The van der Waals surface area contributed by atoms with Crippen LogP contribution in [0.1, 0.15) is 29.9 Å². The highest BCUT2D eigenvalue weighted by Gasteiger charge is 2.30. The normalized spacial score (nSPS) is 16.8. The third-order valence-corrected chi connectivity index (χ3v) is 5.59. The summed E-state index contributed by atoms with van der Waals surface area (Å²) in [5.74, 6) is 1.23. The van der Waals surface area contributed by atoms with Crippen molar-refractivity contribution in [2.75, 3.05) is 18.4 Å². The average molecular weight is 444 g/mol. The highest BCUT2D eigenvalue weighted by atomic mass is 19.4. The number of halogens is 3. The number of carbonyl (C=O) groups is 1. The fraction of sp³-hybridized carbons (Fsp3) is 0.348. The van der Waals surface area contributed by atoms with E-state index in [2.05, 4.69) is 15.5 Å². The summed E-state index contributed by atoms with van der Waals surface area (Å²) in [6, 6.07) is 11.9. The Hall–Kier alpha value is -3.36. The molecule has 0 spiro atoms. The van der Waals surface area contributed by atoms with Crippen LogP contribution in [0.5, 0.6) is 0 Å². The summed E-state index contributed by atoms with van der Waals surface area (Å²) in [4.78, 5) is 18.8. The number of alkyl halides is 3. The van der Waals surface area contributed by atoms with Gasteiger partial charge in [0.15, 0.2) is 0 Å². The topological polar surface area (TPSA) is 71.3 Å². The average Bonchev–Trinajstić information content (AvgIpc) is 3.22. The van der Waals surface area contributed by atoms with Gasteiger partial charge in [-0.2, -0.15) is 18.2 Å². The fourth-order valence-electron chi connectivity index (χ4n) is 3.88. The van der Waals surface area contributed by atoms with Gasteiger partial charge in [-0.05, 0) is 55.5 Å². The second-order valence-electron chi connectivity index (χ2n) is 7.99. The minimum Gasteiger partial charge on any atom is -0.339 e. The lowest BCUT2D eigenvalue weighted by Crippen LogP contribution is -2.42. The van der Waals surface area contributed by atoms with Gasteiger partial charge in [0.05, 0.1) is 5.56 Å². The van der Waals surface area contributed by atoms with Gasteiger partial charge in [0.2, 0.25) is 11.7 Å². The first-order valence-electron chi connectivity index (χ1n) is 10.4. The third-order valence-electron chi connectivity index (χ3n) is 5.59. The Balaban J connectivity index is 1.35. The first kappa shape index (κ1) is 21.9. The minimum absolute atomic E-state index is 0.160. The van der Waals surface area contributed by atoms with Gasteiger partial charge in [-0.3, -0.25) is 0 Å². The molecule has 1 fully saturated rings. The molecule has 32 heavy (non-hydrogen) atoms. The summed E-state index contributed by atoms with van der Waals surface area (Å²) in [7, 11) is 0. The number of aryl methyl sites for hydroxylation is 1. The van der Waals surface area contributed by atoms with Gasteiger partial charge in [0, 0.05) is 30.8 Å². The molecule has 9 heteroatoms. The summed E-state index contributed by atoms with van der Waals surface area (Å²) >= 11 is 0. The lowest BCUT2D eigenvalue weighted by atomic mass is 9.95. The molecule has 1 saturated heterocycles. The molecule has 2 aromatic carbocycles.